The normalized spacial score (nSPS) is 11.4. The SMILES string of the molecule is O=C(CNC(=O)NCc1ccc(Cl)cc1)NC(CF)C(=O)O. The lowest BCUT2D eigenvalue weighted by Crippen LogP contribution is -2.48. The third-order valence-corrected chi connectivity index (χ3v) is 2.82. The molecule has 0 spiro atoms. The molecule has 120 valence electrons. The lowest BCUT2D eigenvalue weighted by atomic mass is 10.2. The molecule has 0 heterocycles. The summed E-state index contributed by atoms with van der Waals surface area (Å²) in [7, 11) is 0. The van der Waals surface area contributed by atoms with Gasteiger partial charge in [-0.05, 0) is 17.7 Å². The van der Waals surface area contributed by atoms with Crippen molar-refractivity contribution in [2.24, 2.45) is 0 Å². The van der Waals surface area contributed by atoms with Crippen LogP contribution in [0.4, 0.5) is 9.18 Å². The third kappa shape index (κ3) is 6.40. The first kappa shape index (κ1) is 17.7. The van der Waals surface area contributed by atoms with Crippen LogP contribution in [-0.2, 0) is 16.1 Å². The average Bonchev–Trinajstić information content (AvgIpc) is 2.49. The lowest BCUT2D eigenvalue weighted by molar-refractivity contribution is -0.142. The molecule has 0 aliphatic carbocycles. The van der Waals surface area contributed by atoms with Gasteiger partial charge in [0.05, 0.1) is 6.54 Å². The topological polar surface area (TPSA) is 108 Å². The Labute approximate surface area is 130 Å². The summed E-state index contributed by atoms with van der Waals surface area (Å²) in [4.78, 5) is 33.3. The number of aliphatic carboxylic acids is 1. The quantitative estimate of drug-likeness (QED) is 0.589. The van der Waals surface area contributed by atoms with Gasteiger partial charge < -0.3 is 21.1 Å². The van der Waals surface area contributed by atoms with E-state index in [0.29, 0.717) is 5.02 Å². The van der Waals surface area contributed by atoms with Crippen molar-refractivity contribution in [3.8, 4) is 0 Å². The van der Waals surface area contributed by atoms with E-state index in [0.717, 1.165) is 5.56 Å². The van der Waals surface area contributed by atoms with Crippen LogP contribution < -0.4 is 16.0 Å². The van der Waals surface area contributed by atoms with Gasteiger partial charge in [-0.15, -0.1) is 0 Å². The fraction of sp³-hybridized carbons (Fsp3) is 0.308. The Kier molecular flexibility index (Phi) is 7.11. The van der Waals surface area contributed by atoms with Crippen LogP contribution >= 0.6 is 11.6 Å². The number of carboxylic acid groups (broad SMARTS) is 1. The van der Waals surface area contributed by atoms with Crippen LogP contribution in [0.3, 0.4) is 0 Å². The number of benzene rings is 1. The molecule has 22 heavy (non-hydrogen) atoms. The van der Waals surface area contributed by atoms with Crippen LogP contribution in [0.15, 0.2) is 24.3 Å². The second-order valence-corrected chi connectivity index (χ2v) is 4.71. The van der Waals surface area contributed by atoms with Crippen molar-refractivity contribution >= 4 is 29.5 Å². The van der Waals surface area contributed by atoms with Gasteiger partial charge in [-0.2, -0.15) is 0 Å². The number of urea groups is 1. The van der Waals surface area contributed by atoms with Gasteiger partial charge in [-0.3, -0.25) is 4.79 Å². The highest BCUT2D eigenvalue weighted by Gasteiger charge is 2.19. The van der Waals surface area contributed by atoms with E-state index in [1.54, 1.807) is 24.3 Å². The van der Waals surface area contributed by atoms with Crippen LogP contribution in [-0.4, -0.2) is 42.3 Å². The average molecular weight is 332 g/mol. The maximum absolute atomic E-state index is 12.3. The molecule has 0 bridgehead atoms. The number of hydrogen-bond acceptors (Lipinski definition) is 3. The van der Waals surface area contributed by atoms with Crippen LogP contribution in [0.2, 0.25) is 5.02 Å². The van der Waals surface area contributed by atoms with E-state index in [9.17, 15) is 18.8 Å². The summed E-state index contributed by atoms with van der Waals surface area (Å²) >= 11 is 5.72. The lowest BCUT2D eigenvalue weighted by Gasteiger charge is -2.11. The van der Waals surface area contributed by atoms with Gasteiger partial charge in [0.1, 0.15) is 6.67 Å². The molecule has 0 radical (unpaired) electrons. The monoisotopic (exact) mass is 331 g/mol. The summed E-state index contributed by atoms with van der Waals surface area (Å²) in [6, 6.07) is 4.57. The van der Waals surface area contributed by atoms with Gasteiger partial charge in [0.2, 0.25) is 5.91 Å². The van der Waals surface area contributed by atoms with Gasteiger partial charge >= 0.3 is 12.0 Å². The molecule has 4 N–H and O–H groups in total. The van der Waals surface area contributed by atoms with Gasteiger partial charge in [-0.1, -0.05) is 23.7 Å². The highest BCUT2D eigenvalue weighted by Crippen LogP contribution is 2.08. The zero-order valence-electron chi connectivity index (χ0n) is 11.4. The van der Waals surface area contributed by atoms with Crippen molar-refractivity contribution in [2.45, 2.75) is 12.6 Å². The fourth-order valence-electron chi connectivity index (χ4n) is 1.42. The minimum atomic E-state index is -1.62. The largest absolute Gasteiger partial charge is 0.480 e. The number of amides is 3. The minimum absolute atomic E-state index is 0.229. The molecule has 0 aliphatic rings. The maximum atomic E-state index is 12.3. The Morgan fingerprint density at radius 3 is 2.36 bits per heavy atom. The van der Waals surface area contributed by atoms with Gasteiger partial charge in [0.15, 0.2) is 6.04 Å². The van der Waals surface area contributed by atoms with E-state index in [-0.39, 0.29) is 6.54 Å². The Bertz CT molecular complexity index is 539. The number of carbonyl (C=O) groups excluding carboxylic acids is 2. The Balaban J connectivity index is 2.29. The molecular weight excluding hydrogens is 317 g/mol. The van der Waals surface area contributed by atoms with E-state index in [1.807, 2.05) is 5.32 Å². The van der Waals surface area contributed by atoms with E-state index in [4.69, 9.17) is 16.7 Å². The summed E-state index contributed by atoms with van der Waals surface area (Å²) in [5.74, 6) is -2.28. The van der Waals surface area contributed by atoms with Gasteiger partial charge in [0, 0.05) is 11.6 Å². The highest BCUT2D eigenvalue weighted by atomic mass is 35.5. The van der Waals surface area contributed by atoms with Crippen molar-refractivity contribution in [3.05, 3.63) is 34.9 Å². The molecule has 0 saturated heterocycles. The van der Waals surface area contributed by atoms with Crippen molar-refractivity contribution in [3.63, 3.8) is 0 Å². The molecule has 0 aromatic heterocycles. The first-order valence-electron chi connectivity index (χ1n) is 6.26. The second-order valence-electron chi connectivity index (χ2n) is 4.28. The number of carbonyl (C=O) groups is 3. The smallest absolute Gasteiger partial charge is 0.328 e. The number of halogens is 2. The zero-order chi connectivity index (χ0) is 16.5. The van der Waals surface area contributed by atoms with Crippen molar-refractivity contribution in [1.29, 1.82) is 0 Å². The number of alkyl halides is 1. The summed E-state index contributed by atoms with van der Waals surface area (Å²) in [5.41, 5.74) is 0.812. The molecule has 3 amide bonds. The van der Waals surface area contributed by atoms with E-state index in [2.05, 4.69) is 10.6 Å². The Hall–Kier alpha value is -2.35. The Morgan fingerprint density at radius 2 is 1.82 bits per heavy atom. The molecule has 0 fully saturated rings. The minimum Gasteiger partial charge on any atom is -0.480 e. The maximum Gasteiger partial charge on any atom is 0.328 e. The molecule has 0 aliphatic heterocycles. The van der Waals surface area contributed by atoms with Gasteiger partial charge in [0.25, 0.3) is 0 Å². The second kappa shape index (κ2) is 8.83. The predicted octanol–water partition coefficient (Wildman–Crippen LogP) is 0.678. The van der Waals surface area contributed by atoms with Crippen LogP contribution in [0.1, 0.15) is 5.56 Å². The van der Waals surface area contributed by atoms with Crippen LogP contribution in [0, 0.1) is 0 Å². The Morgan fingerprint density at radius 1 is 1.18 bits per heavy atom. The number of carboxylic acids is 1. The van der Waals surface area contributed by atoms with Crippen molar-refractivity contribution in [2.75, 3.05) is 13.2 Å². The zero-order valence-corrected chi connectivity index (χ0v) is 12.2. The standard InChI is InChI=1S/C13H15ClFN3O4/c14-9-3-1-8(2-4-9)6-16-13(22)17-7-11(19)18-10(5-15)12(20)21/h1-4,10H,5-7H2,(H,18,19)(H,20,21)(H2,16,17,22). The highest BCUT2D eigenvalue weighted by molar-refractivity contribution is 6.30. The fourth-order valence-corrected chi connectivity index (χ4v) is 1.55. The molecule has 1 aromatic rings. The number of hydrogen-bond donors (Lipinski definition) is 4. The van der Waals surface area contributed by atoms with Gasteiger partial charge in [-0.25, -0.2) is 14.0 Å². The summed E-state index contributed by atoms with van der Waals surface area (Å²) < 4.78 is 12.3. The number of nitrogens with one attached hydrogen (secondary N) is 3. The van der Waals surface area contributed by atoms with Crippen LogP contribution in [0.25, 0.3) is 0 Å². The van der Waals surface area contributed by atoms with E-state index >= 15 is 0 Å². The van der Waals surface area contributed by atoms with Crippen molar-refractivity contribution in [1.82, 2.24) is 16.0 Å². The summed E-state index contributed by atoms with van der Waals surface area (Å²) in [5, 5.41) is 15.8. The third-order valence-electron chi connectivity index (χ3n) is 2.56. The first-order valence-corrected chi connectivity index (χ1v) is 6.64. The summed E-state index contributed by atoms with van der Waals surface area (Å²) in [6.07, 6.45) is 0. The molecule has 0 saturated carbocycles. The molecule has 1 unspecified atom stereocenters. The first-order chi connectivity index (χ1) is 10.4. The number of rotatable bonds is 7. The van der Waals surface area contributed by atoms with Crippen LogP contribution in [0.5, 0.6) is 0 Å². The predicted molar refractivity (Wildman–Crippen MR) is 77.2 cm³/mol. The molecule has 7 nitrogen and oxygen atoms in total. The molecule has 1 atom stereocenters. The van der Waals surface area contributed by atoms with E-state index < -0.39 is 37.2 Å². The van der Waals surface area contributed by atoms with E-state index in [1.165, 1.54) is 0 Å². The molecule has 1 aromatic carbocycles. The molecule has 1 rings (SSSR count). The van der Waals surface area contributed by atoms with Crippen molar-refractivity contribution < 1.29 is 23.9 Å². The summed E-state index contributed by atoms with van der Waals surface area (Å²) in [6.45, 7) is -1.47. The molecular formula is C13H15ClFN3O4. The molecule has 9 heteroatoms.